The number of hydrogen-bond acceptors (Lipinski definition) is 5. The maximum absolute atomic E-state index is 12.3. The molecule has 1 aromatic heterocycles. The second kappa shape index (κ2) is 7.69. The lowest BCUT2D eigenvalue weighted by Gasteiger charge is -2.11. The zero-order chi connectivity index (χ0) is 17.7. The number of nitrogens with zero attached hydrogens (tertiary/aromatic N) is 2. The van der Waals surface area contributed by atoms with Gasteiger partial charge in [0.15, 0.2) is 5.82 Å². The minimum absolute atomic E-state index is 0.0627. The molecule has 0 aliphatic rings. The fourth-order valence-corrected chi connectivity index (χ4v) is 2.68. The molecule has 1 amide bonds. The molecule has 0 fully saturated rings. The molecule has 0 aliphatic carbocycles. The average Bonchev–Trinajstić information content (AvgIpc) is 2.98. The maximum atomic E-state index is 12.3. The highest BCUT2D eigenvalue weighted by molar-refractivity contribution is 8.00. The molecule has 1 aromatic carbocycles. The number of amides is 1. The first-order valence-electron chi connectivity index (χ1n) is 7.16. The minimum atomic E-state index is -4.66. The number of carbonyl (C=O) groups excluding carboxylic acids is 1. The molecule has 0 saturated heterocycles. The van der Waals surface area contributed by atoms with Gasteiger partial charge in [0, 0.05) is 17.9 Å². The van der Waals surface area contributed by atoms with Gasteiger partial charge < -0.3 is 9.84 Å². The third kappa shape index (κ3) is 5.26. The smallest absolute Gasteiger partial charge is 0.355 e. The van der Waals surface area contributed by atoms with Crippen LogP contribution in [-0.4, -0.2) is 27.8 Å². The Hall–Kier alpha value is -2.03. The number of aryl methyl sites for hydroxylation is 1. The molecule has 1 atom stereocenters. The highest BCUT2D eigenvalue weighted by Gasteiger charge is 2.38. The molecule has 0 aliphatic heterocycles. The molecule has 2 rings (SSSR count). The van der Waals surface area contributed by atoms with Gasteiger partial charge in [-0.3, -0.25) is 4.79 Å². The number of carbonyl (C=O) groups is 1. The number of nitrogens with one attached hydrogen (secondary N) is 1. The van der Waals surface area contributed by atoms with Crippen LogP contribution in [0, 0.1) is 6.92 Å². The van der Waals surface area contributed by atoms with Gasteiger partial charge in [-0.25, -0.2) is 0 Å². The quantitative estimate of drug-likeness (QED) is 0.802. The van der Waals surface area contributed by atoms with Crippen LogP contribution in [0.25, 0.3) is 0 Å². The Morgan fingerprint density at radius 3 is 2.58 bits per heavy atom. The lowest BCUT2D eigenvalue weighted by Crippen LogP contribution is -2.32. The van der Waals surface area contributed by atoms with E-state index in [-0.39, 0.29) is 29.9 Å². The maximum Gasteiger partial charge on any atom is 0.471 e. The van der Waals surface area contributed by atoms with E-state index in [4.69, 9.17) is 0 Å². The molecule has 5 nitrogen and oxygen atoms in total. The molecule has 0 bridgehead atoms. The highest BCUT2D eigenvalue weighted by atomic mass is 32.2. The molecule has 9 heteroatoms. The summed E-state index contributed by atoms with van der Waals surface area (Å²) in [6.07, 6.45) is -4.60. The molecule has 0 saturated carbocycles. The van der Waals surface area contributed by atoms with Crippen molar-refractivity contribution in [2.24, 2.45) is 0 Å². The van der Waals surface area contributed by atoms with Crippen molar-refractivity contribution < 1.29 is 22.5 Å². The van der Waals surface area contributed by atoms with Crippen molar-refractivity contribution in [3.05, 3.63) is 41.5 Å². The molecule has 130 valence electrons. The first kappa shape index (κ1) is 18.3. The number of hydrogen-bond donors (Lipinski definition) is 1. The van der Waals surface area contributed by atoms with Crippen LogP contribution in [0.2, 0.25) is 0 Å². The SMILES string of the molecule is Cc1ccc(S[C@@H](C)C(=O)NCCc2noc(C(F)(F)F)n2)cc1. The molecule has 2 aromatic rings. The van der Waals surface area contributed by atoms with E-state index in [0.29, 0.717) is 0 Å². The summed E-state index contributed by atoms with van der Waals surface area (Å²) in [5.74, 6) is -1.69. The van der Waals surface area contributed by atoms with Crippen molar-refractivity contribution in [3.63, 3.8) is 0 Å². The summed E-state index contributed by atoms with van der Waals surface area (Å²) in [7, 11) is 0. The third-order valence-corrected chi connectivity index (χ3v) is 4.17. The molecule has 1 heterocycles. The highest BCUT2D eigenvalue weighted by Crippen LogP contribution is 2.27. The summed E-state index contributed by atoms with van der Waals surface area (Å²) in [6.45, 7) is 3.87. The van der Waals surface area contributed by atoms with Gasteiger partial charge in [-0.05, 0) is 26.0 Å². The number of benzene rings is 1. The van der Waals surface area contributed by atoms with Crippen molar-refractivity contribution in [2.75, 3.05) is 6.54 Å². The van der Waals surface area contributed by atoms with Crippen molar-refractivity contribution >= 4 is 17.7 Å². The zero-order valence-electron chi connectivity index (χ0n) is 13.1. The predicted molar refractivity (Wildman–Crippen MR) is 82.5 cm³/mol. The van der Waals surface area contributed by atoms with Gasteiger partial charge in [0.05, 0.1) is 5.25 Å². The monoisotopic (exact) mass is 359 g/mol. The van der Waals surface area contributed by atoms with Gasteiger partial charge in [0.2, 0.25) is 5.91 Å². The summed E-state index contributed by atoms with van der Waals surface area (Å²) >= 11 is 1.40. The number of alkyl halides is 3. The minimum Gasteiger partial charge on any atom is -0.355 e. The van der Waals surface area contributed by atoms with Crippen LogP contribution in [-0.2, 0) is 17.4 Å². The average molecular weight is 359 g/mol. The van der Waals surface area contributed by atoms with Crippen LogP contribution in [0.15, 0.2) is 33.7 Å². The van der Waals surface area contributed by atoms with Crippen LogP contribution in [0.3, 0.4) is 0 Å². The van der Waals surface area contributed by atoms with Gasteiger partial charge in [-0.1, -0.05) is 22.9 Å². The van der Waals surface area contributed by atoms with E-state index in [1.807, 2.05) is 31.2 Å². The Kier molecular flexibility index (Phi) is 5.87. The first-order valence-corrected chi connectivity index (χ1v) is 8.04. The van der Waals surface area contributed by atoms with Gasteiger partial charge in [0.25, 0.3) is 0 Å². The van der Waals surface area contributed by atoms with Crippen molar-refractivity contribution in [3.8, 4) is 0 Å². The van der Waals surface area contributed by atoms with Gasteiger partial charge >= 0.3 is 12.1 Å². The topological polar surface area (TPSA) is 68.0 Å². The van der Waals surface area contributed by atoms with E-state index in [1.54, 1.807) is 6.92 Å². The summed E-state index contributed by atoms with van der Waals surface area (Å²) in [5.41, 5.74) is 1.13. The van der Waals surface area contributed by atoms with Crippen LogP contribution in [0.4, 0.5) is 13.2 Å². The van der Waals surface area contributed by atoms with Crippen LogP contribution in [0.5, 0.6) is 0 Å². The molecule has 24 heavy (non-hydrogen) atoms. The Morgan fingerprint density at radius 2 is 2.00 bits per heavy atom. The fourth-order valence-electron chi connectivity index (χ4n) is 1.79. The van der Waals surface area contributed by atoms with Crippen molar-refractivity contribution in [1.29, 1.82) is 0 Å². The molecular weight excluding hydrogens is 343 g/mol. The van der Waals surface area contributed by atoms with Gasteiger partial charge in [-0.2, -0.15) is 18.2 Å². The summed E-state index contributed by atoms with van der Waals surface area (Å²) < 4.78 is 41.1. The van der Waals surface area contributed by atoms with Crippen molar-refractivity contribution in [2.45, 2.75) is 36.6 Å². The molecule has 0 unspecified atom stereocenters. The molecule has 1 N–H and O–H groups in total. The summed E-state index contributed by atoms with van der Waals surface area (Å²) in [6, 6.07) is 7.78. The fraction of sp³-hybridized carbons (Fsp3) is 0.400. The van der Waals surface area contributed by atoms with E-state index >= 15 is 0 Å². The lowest BCUT2D eigenvalue weighted by molar-refractivity contribution is -0.159. The Bertz CT molecular complexity index is 686. The van der Waals surface area contributed by atoms with E-state index in [2.05, 4.69) is 20.0 Å². The molecule has 0 spiro atoms. The molecular formula is C15H16F3N3O2S. The van der Waals surface area contributed by atoms with E-state index in [9.17, 15) is 18.0 Å². The van der Waals surface area contributed by atoms with E-state index < -0.39 is 12.1 Å². The number of rotatable bonds is 6. The van der Waals surface area contributed by atoms with Gasteiger partial charge in [-0.15, -0.1) is 11.8 Å². The Morgan fingerprint density at radius 1 is 1.33 bits per heavy atom. The number of aromatic nitrogens is 2. The van der Waals surface area contributed by atoms with Crippen LogP contribution in [0.1, 0.15) is 24.2 Å². The summed E-state index contributed by atoms with van der Waals surface area (Å²) in [4.78, 5) is 16.2. The third-order valence-electron chi connectivity index (χ3n) is 3.06. The first-order chi connectivity index (χ1) is 11.3. The normalized spacial score (nSPS) is 12.9. The second-order valence-electron chi connectivity index (χ2n) is 5.13. The molecule has 0 radical (unpaired) electrons. The zero-order valence-corrected chi connectivity index (χ0v) is 13.9. The number of thioether (sulfide) groups is 1. The van der Waals surface area contributed by atoms with Gasteiger partial charge in [0.1, 0.15) is 0 Å². The second-order valence-corrected chi connectivity index (χ2v) is 6.54. The standard InChI is InChI=1S/C15H16F3N3O2S/c1-9-3-5-11(6-4-9)24-10(2)13(22)19-8-7-12-20-14(23-21-12)15(16,17)18/h3-6,10H,7-8H2,1-2H3,(H,19,22)/t10-/m0/s1. The number of halogens is 3. The van der Waals surface area contributed by atoms with Crippen LogP contribution >= 0.6 is 11.8 Å². The van der Waals surface area contributed by atoms with E-state index in [1.165, 1.54) is 11.8 Å². The predicted octanol–water partition coefficient (Wildman–Crippen LogP) is 3.24. The van der Waals surface area contributed by atoms with E-state index in [0.717, 1.165) is 10.5 Å². The van der Waals surface area contributed by atoms with Crippen LogP contribution < -0.4 is 5.32 Å². The van der Waals surface area contributed by atoms with Crippen molar-refractivity contribution in [1.82, 2.24) is 15.5 Å². The summed E-state index contributed by atoms with van der Waals surface area (Å²) in [5, 5.41) is 5.56. The lowest BCUT2D eigenvalue weighted by atomic mass is 10.2. The largest absolute Gasteiger partial charge is 0.471 e. The Balaban J connectivity index is 1.78. The Labute approximate surface area is 141 Å².